The summed E-state index contributed by atoms with van der Waals surface area (Å²) < 4.78 is 1.98. The average Bonchev–Trinajstić information content (AvgIpc) is 2.70. The number of hydrogen-bond donors (Lipinski definition) is 2. The van der Waals surface area contributed by atoms with E-state index in [-0.39, 0.29) is 24.4 Å². The van der Waals surface area contributed by atoms with Crippen LogP contribution in [0.5, 0.6) is 0 Å². The number of rotatable bonds is 4. The van der Waals surface area contributed by atoms with Gasteiger partial charge < -0.3 is 15.0 Å². The number of carboxylic acids is 1. The van der Waals surface area contributed by atoms with Crippen molar-refractivity contribution in [1.29, 1.82) is 0 Å². The molecular formula is C16H18N2O3. The van der Waals surface area contributed by atoms with Crippen molar-refractivity contribution in [3.8, 4) is 0 Å². The molecule has 2 aromatic rings. The fourth-order valence-corrected chi connectivity index (χ4v) is 2.91. The topological polar surface area (TPSA) is 71.3 Å². The van der Waals surface area contributed by atoms with Crippen molar-refractivity contribution in [2.75, 3.05) is 0 Å². The molecule has 0 aliphatic heterocycles. The summed E-state index contributed by atoms with van der Waals surface area (Å²) in [4.78, 5) is 22.9. The Morgan fingerprint density at radius 3 is 2.76 bits per heavy atom. The lowest BCUT2D eigenvalue weighted by atomic mass is 9.80. The molecule has 1 heterocycles. The Morgan fingerprint density at radius 2 is 2.05 bits per heavy atom. The van der Waals surface area contributed by atoms with E-state index in [9.17, 15) is 9.59 Å². The first-order chi connectivity index (χ1) is 10.0. The molecule has 0 radical (unpaired) electrons. The first kappa shape index (κ1) is 13.7. The lowest BCUT2D eigenvalue weighted by Gasteiger charge is -2.32. The van der Waals surface area contributed by atoms with Gasteiger partial charge in [-0.2, -0.15) is 0 Å². The van der Waals surface area contributed by atoms with Crippen LogP contribution in [0.4, 0.5) is 0 Å². The lowest BCUT2D eigenvalue weighted by Crippen LogP contribution is -2.47. The molecule has 1 aliphatic rings. The number of carbonyl (C=O) groups excluding carboxylic acids is 1. The monoisotopic (exact) mass is 286 g/mol. The first-order valence-electron chi connectivity index (χ1n) is 7.11. The summed E-state index contributed by atoms with van der Waals surface area (Å²) >= 11 is 0. The summed E-state index contributed by atoms with van der Waals surface area (Å²) in [6.45, 7) is 2.25. The molecule has 3 rings (SSSR count). The van der Waals surface area contributed by atoms with Gasteiger partial charge in [-0.15, -0.1) is 0 Å². The molecule has 0 saturated heterocycles. The van der Waals surface area contributed by atoms with Crippen molar-refractivity contribution in [3.05, 3.63) is 36.0 Å². The number of fused-ring (bicyclic) bond motifs is 1. The molecule has 0 unspecified atom stereocenters. The van der Waals surface area contributed by atoms with E-state index in [1.54, 1.807) is 0 Å². The van der Waals surface area contributed by atoms with Crippen LogP contribution in [-0.4, -0.2) is 27.6 Å². The van der Waals surface area contributed by atoms with E-state index in [4.69, 9.17) is 5.11 Å². The van der Waals surface area contributed by atoms with Crippen molar-refractivity contribution in [2.24, 2.45) is 5.92 Å². The highest BCUT2D eigenvalue weighted by molar-refractivity contribution is 5.84. The largest absolute Gasteiger partial charge is 0.481 e. The number of aliphatic carboxylic acids is 1. The summed E-state index contributed by atoms with van der Waals surface area (Å²) in [6, 6.07) is 10.0. The van der Waals surface area contributed by atoms with Crippen LogP contribution in [0.25, 0.3) is 10.9 Å². The minimum absolute atomic E-state index is 0.000678. The van der Waals surface area contributed by atoms with Crippen molar-refractivity contribution >= 4 is 22.8 Å². The zero-order valence-electron chi connectivity index (χ0n) is 11.9. The Kier molecular flexibility index (Phi) is 3.41. The number of carbonyl (C=O) groups is 2. The van der Waals surface area contributed by atoms with Gasteiger partial charge in [0.15, 0.2) is 0 Å². The summed E-state index contributed by atoms with van der Waals surface area (Å²) in [6.07, 6.45) is 1.07. The quantitative estimate of drug-likeness (QED) is 0.902. The number of nitrogens with one attached hydrogen (secondary N) is 1. The Balaban J connectivity index is 1.65. The number of aromatic nitrogens is 1. The second kappa shape index (κ2) is 5.24. The third kappa shape index (κ3) is 2.63. The molecule has 21 heavy (non-hydrogen) atoms. The molecule has 1 aromatic carbocycles. The second-order valence-corrected chi connectivity index (χ2v) is 5.70. The summed E-state index contributed by atoms with van der Waals surface area (Å²) in [5.74, 6) is -1.13. The number of aryl methyl sites for hydroxylation is 1. The predicted molar refractivity (Wildman–Crippen MR) is 79.0 cm³/mol. The summed E-state index contributed by atoms with van der Waals surface area (Å²) in [7, 11) is 0. The fraction of sp³-hybridized carbons (Fsp3) is 0.375. The van der Waals surface area contributed by atoms with Crippen molar-refractivity contribution < 1.29 is 14.7 Å². The van der Waals surface area contributed by atoms with Crippen LogP contribution < -0.4 is 5.32 Å². The van der Waals surface area contributed by atoms with E-state index in [1.807, 2.05) is 35.8 Å². The van der Waals surface area contributed by atoms with Crippen molar-refractivity contribution in [3.63, 3.8) is 0 Å². The van der Waals surface area contributed by atoms with Gasteiger partial charge in [0.2, 0.25) is 5.91 Å². The number of hydrogen-bond acceptors (Lipinski definition) is 2. The minimum atomic E-state index is -0.771. The summed E-state index contributed by atoms with van der Waals surface area (Å²) in [5, 5.41) is 12.9. The van der Waals surface area contributed by atoms with Gasteiger partial charge in [-0.25, -0.2) is 0 Å². The van der Waals surface area contributed by atoms with E-state index >= 15 is 0 Å². The van der Waals surface area contributed by atoms with E-state index in [1.165, 1.54) is 0 Å². The number of benzene rings is 1. The van der Waals surface area contributed by atoms with Gasteiger partial charge in [-0.3, -0.25) is 9.59 Å². The van der Waals surface area contributed by atoms with Crippen LogP contribution in [-0.2, 0) is 16.1 Å². The van der Waals surface area contributed by atoms with Gasteiger partial charge >= 0.3 is 5.97 Å². The van der Waals surface area contributed by atoms with Crippen molar-refractivity contribution in [2.45, 2.75) is 32.4 Å². The predicted octanol–water partition coefficient (Wildman–Crippen LogP) is 1.93. The van der Waals surface area contributed by atoms with E-state index < -0.39 is 5.97 Å². The third-order valence-corrected chi connectivity index (χ3v) is 4.17. The smallest absolute Gasteiger partial charge is 0.306 e. The molecule has 1 aromatic heterocycles. The number of nitrogens with zero attached hydrogens (tertiary/aromatic N) is 1. The Bertz CT molecular complexity index is 699. The van der Waals surface area contributed by atoms with Crippen LogP contribution in [0.2, 0.25) is 0 Å². The van der Waals surface area contributed by atoms with Crippen LogP contribution in [0.3, 0.4) is 0 Å². The highest BCUT2D eigenvalue weighted by Gasteiger charge is 2.35. The first-order valence-corrected chi connectivity index (χ1v) is 7.11. The second-order valence-electron chi connectivity index (χ2n) is 5.70. The standard InChI is InChI=1S/C16H18N2O3/c1-10-6-11-4-2-3-5-14(11)18(10)9-15(19)17-13-7-12(8-13)16(20)21/h2-6,12-13H,7-9H2,1H3,(H,17,19)(H,20,21). The Labute approximate surface area is 122 Å². The van der Waals surface area contributed by atoms with E-state index in [2.05, 4.69) is 11.4 Å². The summed E-state index contributed by atoms with van der Waals surface area (Å²) in [5.41, 5.74) is 2.09. The number of amides is 1. The number of para-hydroxylation sites is 1. The maximum absolute atomic E-state index is 12.1. The molecule has 0 atom stereocenters. The van der Waals surface area contributed by atoms with Gasteiger partial charge in [-0.1, -0.05) is 18.2 Å². The highest BCUT2D eigenvalue weighted by Crippen LogP contribution is 2.27. The SMILES string of the molecule is Cc1cc2ccccc2n1CC(=O)NC1CC(C(=O)O)C1. The maximum Gasteiger partial charge on any atom is 0.306 e. The van der Waals surface area contributed by atoms with Crippen LogP contribution in [0.15, 0.2) is 30.3 Å². The van der Waals surface area contributed by atoms with E-state index in [0.29, 0.717) is 12.8 Å². The molecule has 0 spiro atoms. The van der Waals surface area contributed by atoms with E-state index in [0.717, 1.165) is 16.6 Å². The van der Waals surface area contributed by atoms with Crippen LogP contribution in [0, 0.1) is 12.8 Å². The van der Waals surface area contributed by atoms with Gasteiger partial charge in [0.25, 0.3) is 0 Å². The maximum atomic E-state index is 12.1. The molecule has 1 aliphatic carbocycles. The fourth-order valence-electron chi connectivity index (χ4n) is 2.91. The Morgan fingerprint density at radius 1 is 1.33 bits per heavy atom. The van der Waals surface area contributed by atoms with Crippen LogP contribution >= 0.6 is 0 Å². The van der Waals surface area contributed by atoms with Gasteiger partial charge in [0.1, 0.15) is 6.54 Å². The lowest BCUT2D eigenvalue weighted by molar-refractivity contribution is -0.146. The highest BCUT2D eigenvalue weighted by atomic mass is 16.4. The van der Waals surface area contributed by atoms with Gasteiger partial charge in [0, 0.05) is 17.3 Å². The van der Waals surface area contributed by atoms with Gasteiger partial charge in [0.05, 0.1) is 5.92 Å². The molecule has 2 N–H and O–H groups in total. The van der Waals surface area contributed by atoms with Crippen molar-refractivity contribution in [1.82, 2.24) is 9.88 Å². The number of carboxylic acid groups (broad SMARTS) is 1. The zero-order valence-corrected chi connectivity index (χ0v) is 11.9. The molecule has 5 nitrogen and oxygen atoms in total. The molecular weight excluding hydrogens is 268 g/mol. The average molecular weight is 286 g/mol. The molecule has 0 bridgehead atoms. The van der Waals surface area contributed by atoms with Crippen LogP contribution in [0.1, 0.15) is 18.5 Å². The molecule has 110 valence electrons. The molecule has 1 fully saturated rings. The molecule has 1 amide bonds. The normalized spacial score (nSPS) is 21.0. The Hall–Kier alpha value is -2.30. The van der Waals surface area contributed by atoms with Gasteiger partial charge in [-0.05, 0) is 37.3 Å². The zero-order chi connectivity index (χ0) is 15.0. The molecule has 1 saturated carbocycles. The minimum Gasteiger partial charge on any atom is -0.481 e. The molecule has 5 heteroatoms. The third-order valence-electron chi connectivity index (χ3n) is 4.17.